The van der Waals surface area contributed by atoms with Crippen LogP contribution >= 0.6 is 35.0 Å². The van der Waals surface area contributed by atoms with Gasteiger partial charge in [0.15, 0.2) is 0 Å². The quantitative estimate of drug-likeness (QED) is 0.148. The monoisotopic (exact) mass is 506 g/mol. The Morgan fingerprint density at radius 2 is 0.969 bits per heavy atom. The molecule has 0 bridgehead atoms. The van der Waals surface area contributed by atoms with Crippen LogP contribution in [-0.2, 0) is 24.6 Å². The predicted octanol–water partition coefficient (Wildman–Crippen LogP) is 9.66. The SMILES string of the molecule is CCCCPCc1ccc(-c2ccc(CPCCCC)c(CPCCCC)c2)cc1CP. The smallest absolute Gasteiger partial charge is 0.00975 e. The van der Waals surface area contributed by atoms with Gasteiger partial charge >= 0.3 is 0 Å². The van der Waals surface area contributed by atoms with Crippen LogP contribution < -0.4 is 0 Å². The second-order valence-electron chi connectivity index (χ2n) is 8.76. The molecule has 2 aromatic carbocycles. The van der Waals surface area contributed by atoms with Crippen molar-refractivity contribution in [2.24, 2.45) is 0 Å². The summed E-state index contributed by atoms with van der Waals surface area (Å²) in [6, 6.07) is 14.6. The maximum absolute atomic E-state index is 2.96. The molecule has 0 N–H and O–H groups in total. The first kappa shape index (κ1) is 28.4. The minimum Gasteiger partial charge on any atom is -0.133 e. The fourth-order valence-electron chi connectivity index (χ4n) is 3.88. The van der Waals surface area contributed by atoms with E-state index in [2.05, 4.69) is 66.4 Å². The molecule has 0 amide bonds. The minimum absolute atomic E-state index is 1.06. The second kappa shape index (κ2) is 17.6. The molecule has 0 saturated heterocycles. The van der Waals surface area contributed by atoms with Crippen molar-refractivity contribution < 1.29 is 0 Å². The standard InChI is InChI=1S/C28H46P4/c1-4-7-14-30-20-25-12-10-23(17-27(25)19-29)24-11-13-26(21-31-15-8-5-2)28(18-24)22-32-16-9-6-3/h10-13,17-18,30-32H,4-9,14-16,19-22,29H2,1-3H3. The number of unbranched alkanes of at least 4 members (excludes halogenated alkanes) is 3. The van der Waals surface area contributed by atoms with Crippen molar-refractivity contribution in [3.63, 3.8) is 0 Å². The van der Waals surface area contributed by atoms with E-state index in [9.17, 15) is 0 Å². The molecule has 0 aliphatic heterocycles. The molecule has 0 aliphatic carbocycles. The topological polar surface area (TPSA) is 0 Å². The molecule has 0 aliphatic rings. The first-order valence-corrected chi connectivity index (χ1v) is 17.9. The average molecular weight is 507 g/mol. The van der Waals surface area contributed by atoms with Crippen molar-refractivity contribution in [2.45, 2.75) is 83.9 Å². The number of hydrogen-bond acceptors (Lipinski definition) is 0. The minimum atomic E-state index is 1.06. The first-order chi connectivity index (χ1) is 15.7. The van der Waals surface area contributed by atoms with Gasteiger partial charge in [-0.15, -0.1) is 35.0 Å². The summed E-state index contributed by atoms with van der Waals surface area (Å²) in [6.45, 7) is 6.91. The second-order valence-corrected chi connectivity index (χ2v) is 13.2. The van der Waals surface area contributed by atoms with Crippen LogP contribution in [0, 0.1) is 0 Å². The van der Waals surface area contributed by atoms with Crippen LogP contribution in [0.15, 0.2) is 36.4 Å². The zero-order valence-corrected chi connectivity index (χ0v) is 24.9. The highest BCUT2D eigenvalue weighted by atomic mass is 31.1. The van der Waals surface area contributed by atoms with Crippen molar-refractivity contribution in [2.75, 3.05) is 18.5 Å². The predicted molar refractivity (Wildman–Crippen MR) is 161 cm³/mol. The van der Waals surface area contributed by atoms with Gasteiger partial charge in [-0.05, 0) is 95.8 Å². The molecule has 178 valence electrons. The highest BCUT2D eigenvalue weighted by Crippen LogP contribution is 2.33. The van der Waals surface area contributed by atoms with E-state index in [1.165, 1.54) is 92.2 Å². The van der Waals surface area contributed by atoms with Crippen LogP contribution in [0.5, 0.6) is 0 Å². The maximum atomic E-state index is 2.96. The summed E-state index contributed by atoms with van der Waals surface area (Å²) in [4.78, 5) is 0. The molecular formula is C28H46P4. The van der Waals surface area contributed by atoms with E-state index in [1.54, 1.807) is 16.7 Å². The van der Waals surface area contributed by atoms with Crippen molar-refractivity contribution in [1.29, 1.82) is 0 Å². The van der Waals surface area contributed by atoms with Gasteiger partial charge in [0.2, 0.25) is 0 Å². The van der Waals surface area contributed by atoms with Gasteiger partial charge in [-0.2, -0.15) is 0 Å². The van der Waals surface area contributed by atoms with E-state index < -0.39 is 0 Å². The Morgan fingerprint density at radius 3 is 1.41 bits per heavy atom. The zero-order valence-electron chi connectivity index (χ0n) is 20.7. The normalized spacial score (nSPS) is 12.4. The summed E-state index contributed by atoms with van der Waals surface area (Å²) < 4.78 is 0. The number of rotatable bonds is 17. The van der Waals surface area contributed by atoms with E-state index in [-0.39, 0.29) is 0 Å². The van der Waals surface area contributed by atoms with Gasteiger partial charge in [0, 0.05) is 0 Å². The van der Waals surface area contributed by atoms with E-state index >= 15 is 0 Å². The molecule has 0 nitrogen and oxygen atoms in total. The Labute approximate surface area is 206 Å². The van der Waals surface area contributed by atoms with Gasteiger partial charge < -0.3 is 0 Å². The summed E-state index contributed by atoms with van der Waals surface area (Å²) in [5.41, 5.74) is 9.15. The molecule has 0 spiro atoms. The van der Waals surface area contributed by atoms with E-state index in [0.717, 1.165) is 31.9 Å². The third-order valence-corrected chi connectivity index (χ3v) is 10.5. The Balaban J connectivity index is 2.17. The zero-order chi connectivity index (χ0) is 23.0. The summed E-state index contributed by atoms with van der Waals surface area (Å²) in [7, 11) is 6.17. The molecule has 0 radical (unpaired) electrons. The lowest BCUT2D eigenvalue weighted by Gasteiger charge is -2.15. The maximum Gasteiger partial charge on any atom is -0.00975 e. The third kappa shape index (κ3) is 10.2. The molecule has 0 fully saturated rings. The lowest BCUT2D eigenvalue weighted by Crippen LogP contribution is -1.94. The summed E-state index contributed by atoms with van der Waals surface area (Å²) in [6.07, 6.45) is 17.1. The average Bonchev–Trinajstić information content (AvgIpc) is 2.83. The van der Waals surface area contributed by atoms with Crippen molar-refractivity contribution in [3.8, 4) is 11.1 Å². The van der Waals surface area contributed by atoms with Crippen LogP contribution in [0.25, 0.3) is 11.1 Å². The van der Waals surface area contributed by atoms with E-state index in [1.807, 2.05) is 0 Å². The highest BCUT2D eigenvalue weighted by molar-refractivity contribution is 7.37. The van der Waals surface area contributed by atoms with Crippen molar-refractivity contribution in [3.05, 3.63) is 58.7 Å². The number of hydrogen-bond donors (Lipinski definition) is 0. The Morgan fingerprint density at radius 1 is 0.562 bits per heavy atom. The highest BCUT2D eigenvalue weighted by Gasteiger charge is 2.09. The fraction of sp³-hybridized carbons (Fsp3) is 0.571. The molecule has 4 unspecified atom stereocenters. The van der Waals surface area contributed by atoms with Gasteiger partial charge in [0.05, 0.1) is 0 Å². The summed E-state index contributed by atoms with van der Waals surface area (Å²) >= 11 is 0. The summed E-state index contributed by atoms with van der Waals surface area (Å²) in [5, 5.41) is 0. The molecule has 2 aromatic rings. The van der Waals surface area contributed by atoms with Crippen LogP contribution in [0.1, 0.15) is 81.5 Å². The first-order valence-electron chi connectivity index (χ1n) is 12.8. The summed E-state index contributed by atoms with van der Waals surface area (Å²) in [5.74, 6) is 0. The van der Waals surface area contributed by atoms with Gasteiger partial charge in [0.1, 0.15) is 0 Å². The molecule has 0 heterocycles. The largest absolute Gasteiger partial charge is 0.133 e. The molecule has 2 rings (SSSR count). The van der Waals surface area contributed by atoms with E-state index in [0.29, 0.717) is 0 Å². The van der Waals surface area contributed by atoms with Gasteiger partial charge in [-0.1, -0.05) is 76.4 Å². The van der Waals surface area contributed by atoms with Gasteiger partial charge in [0.25, 0.3) is 0 Å². The van der Waals surface area contributed by atoms with Crippen molar-refractivity contribution in [1.82, 2.24) is 0 Å². The molecule has 32 heavy (non-hydrogen) atoms. The van der Waals surface area contributed by atoms with Crippen LogP contribution in [-0.4, -0.2) is 18.5 Å². The number of benzene rings is 2. The Hall–Kier alpha value is 0.160. The van der Waals surface area contributed by atoms with Crippen LogP contribution in [0.3, 0.4) is 0 Å². The fourth-order valence-corrected chi connectivity index (χ4v) is 8.43. The van der Waals surface area contributed by atoms with Crippen molar-refractivity contribution >= 4 is 35.0 Å². The molecule has 4 heteroatoms. The molecular weight excluding hydrogens is 460 g/mol. The molecule has 0 saturated carbocycles. The van der Waals surface area contributed by atoms with Gasteiger partial charge in [-0.25, -0.2) is 0 Å². The van der Waals surface area contributed by atoms with Gasteiger partial charge in [-0.3, -0.25) is 0 Å². The Kier molecular flexibility index (Phi) is 15.6. The lowest BCUT2D eigenvalue weighted by molar-refractivity contribution is 0.892. The third-order valence-electron chi connectivity index (χ3n) is 6.03. The van der Waals surface area contributed by atoms with Crippen LogP contribution in [0.2, 0.25) is 0 Å². The Bertz CT molecular complexity index is 772. The van der Waals surface area contributed by atoms with Crippen LogP contribution in [0.4, 0.5) is 0 Å². The lowest BCUT2D eigenvalue weighted by atomic mass is 9.97. The molecule has 4 atom stereocenters. The van der Waals surface area contributed by atoms with E-state index in [4.69, 9.17) is 0 Å². The molecule has 0 aromatic heterocycles.